The molecular weight excluding hydrogens is 489 g/mol. The summed E-state index contributed by atoms with van der Waals surface area (Å²) in [5.41, 5.74) is 2.12. The number of aromatic nitrogens is 1. The second-order valence-electron chi connectivity index (χ2n) is 6.44. The van der Waals surface area contributed by atoms with Crippen LogP contribution in [0.5, 0.6) is 0 Å². The average Bonchev–Trinajstić information content (AvgIpc) is 3.08. The van der Waals surface area contributed by atoms with Crippen LogP contribution in [0.1, 0.15) is 24.2 Å². The zero-order valence-corrected chi connectivity index (χ0v) is 18.4. The standard InChI is InChI=1S/C21H24F2N4O.HI/c1-2-24-21(27-13-20(28)16-5-3-4-6-18(16)23)25-10-9-14-12-26-19-8-7-15(22)11-17(14)19;/h3-8,11-12,20,26,28H,2,9-10,13H2,1H3,(H2,24,25,27);1H. The van der Waals surface area contributed by atoms with E-state index in [0.29, 0.717) is 25.5 Å². The SMILES string of the molecule is CCNC(=NCC(O)c1ccccc1F)NCCc1c[nH]c2ccc(F)cc12.I. The zero-order valence-electron chi connectivity index (χ0n) is 16.1. The summed E-state index contributed by atoms with van der Waals surface area (Å²) in [7, 11) is 0. The first kappa shape index (κ1) is 23.1. The maximum Gasteiger partial charge on any atom is 0.191 e. The lowest BCUT2D eigenvalue weighted by atomic mass is 10.1. The van der Waals surface area contributed by atoms with Crippen LogP contribution in [0, 0.1) is 11.6 Å². The van der Waals surface area contributed by atoms with Crippen molar-refractivity contribution in [3.8, 4) is 0 Å². The molecule has 29 heavy (non-hydrogen) atoms. The third-order valence-electron chi connectivity index (χ3n) is 4.45. The van der Waals surface area contributed by atoms with Gasteiger partial charge in [0.05, 0.1) is 6.54 Å². The number of hydrogen-bond donors (Lipinski definition) is 4. The van der Waals surface area contributed by atoms with Crippen LogP contribution >= 0.6 is 24.0 Å². The smallest absolute Gasteiger partial charge is 0.191 e. The fourth-order valence-corrected chi connectivity index (χ4v) is 3.04. The number of aliphatic imine (C=N–C) groups is 1. The summed E-state index contributed by atoms with van der Waals surface area (Å²) in [6.45, 7) is 3.20. The van der Waals surface area contributed by atoms with Crippen molar-refractivity contribution < 1.29 is 13.9 Å². The molecule has 0 saturated carbocycles. The van der Waals surface area contributed by atoms with Crippen LogP contribution in [0.3, 0.4) is 0 Å². The number of aromatic amines is 1. The molecule has 0 aliphatic rings. The second-order valence-corrected chi connectivity index (χ2v) is 6.44. The van der Waals surface area contributed by atoms with E-state index >= 15 is 0 Å². The van der Waals surface area contributed by atoms with Crippen molar-refractivity contribution in [1.29, 1.82) is 0 Å². The number of nitrogens with zero attached hydrogens (tertiary/aromatic N) is 1. The molecule has 1 aromatic heterocycles. The normalized spacial score (nSPS) is 12.5. The molecule has 5 nitrogen and oxygen atoms in total. The van der Waals surface area contributed by atoms with Gasteiger partial charge in [0.15, 0.2) is 5.96 Å². The number of aliphatic hydroxyl groups excluding tert-OH is 1. The minimum atomic E-state index is -1.02. The van der Waals surface area contributed by atoms with Gasteiger partial charge in [-0.3, -0.25) is 4.99 Å². The lowest BCUT2D eigenvalue weighted by Crippen LogP contribution is -2.38. The predicted octanol–water partition coefficient (Wildman–Crippen LogP) is 3.90. The van der Waals surface area contributed by atoms with E-state index in [1.807, 2.05) is 13.1 Å². The van der Waals surface area contributed by atoms with Gasteiger partial charge in [-0.2, -0.15) is 0 Å². The Hall–Kier alpha value is -2.20. The Balaban J connectivity index is 0.00000300. The fraction of sp³-hybridized carbons (Fsp3) is 0.286. The molecule has 0 aliphatic carbocycles. The first-order valence-electron chi connectivity index (χ1n) is 9.28. The van der Waals surface area contributed by atoms with Gasteiger partial charge in [0, 0.05) is 35.8 Å². The Morgan fingerprint density at radius 2 is 1.97 bits per heavy atom. The number of nitrogens with one attached hydrogen (secondary N) is 3. The average molecular weight is 514 g/mol. The zero-order chi connectivity index (χ0) is 19.9. The molecule has 0 amide bonds. The predicted molar refractivity (Wildman–Crippen MR) is 123 cm³/mol. The van der Waals surface area contributed by atoms with Gasteiger partial charge >= 0.3 is 0 Å². The number of rotatable bonds is 7. The Morgan fingerprint density at radius 1 is 1.17 bits per heavy atom. The van der Waals surface area contributed by atoms with Gasteiger partial charge in [-0.25, -0.2) is 8.78 Å². The van der Waals surface area contributed by atoms with Gasteiger partial charge in [0.2, 0.25) is 0 Å². The Bertz CT molecular complexity index is 961. The van der Waals surface area contributed by atoms with Crippen molar-refractivity contribution in [2.45, 2.75) is 19.4 Å². The minimum Gasteiger partial charge on any atom is -0.386 e. The molecule has 0 radical (unpaired) electrons. The monoisotopic (exact) mass is 514 g/mol. The summed E-state index contributed by atoms with van der Waals surface area (Å²) in [4.78, 5) is 7.47. The summed E-state index contributed by atoms with van der Waals surface area (Å²) < 4.78 is 27.2. The number of hydrogen-bond acceptors (Lipinski definition) is 2. The van der Waals surface area contributed by atoms with Crippen molar-refractivity contribution in [3.05, 3.63) is 71.4 Å². The summed E-state index contributed by atoms with van der Waals surface area (Å²) >= 11 is 0. The summed E-state index contributed by atoms with van der Waals surface area (Å²) in [5.74, 6) is -0.183. The van der Waals surface area contributed by atoms with E-state index < -0.39 is 11.9 Å². The van der Waals surface area contributed by atoms with Crippen molar-refractivity contribution in [2.75, 3.05) is 19.6 Å². The van der Waals surface area contributed by atoms with E-state index in [1.165, 1.54) is 18.2 Å². The number of H-pyrrole nitrogens is 1. The van der Waals surface area contributed by atoms with Crippen LogP contribution in [-0.2, 0) is 6.42 Å². The van der Waals surface area contributed by atoms with Gasteiger partial charge in [-0.1, -0.05) is 18.2 Å². The molecule has 1 unspecified atom stereocenters. The molecule has 2 aromatic carbocycles. The minimum absolute atomic E-state index is 0. The maximum atomic E-state index is 13.8. The second kappa shape index (κ2) is 11.1. The molecule has 3 aromatic rings. The number of benzene rings is 2. The molecule has 3 rings (SSSR count). The highest BCUT2D eigenvalue weighted by Crippen LogP contribution is 2.19. The van der Waals surface area contributed by atoms with Crippen LogP contribution in [0.2, 0.25) is 0 Å². The summed E-state index contributed by atoms with van der Waals surface area (Å²) in [5, 5.41) is 17.3. The highest BCUT2D eigenvalue weighted by molar-refractivity contribution is 14.0. The Kier molecular flexibility index (Phi) is 8.84. The number of fused-ring (bicyclic) bond motifs is 1. The maximum absolute atomic E-state index is 13.8. The largest absolute Gasteiger partial charge is 0.386 e. The molecule has 0 fully saturated rings. The highest BCUT2D eigenvalue weighted by atomic mass is 127. The summed E-state index contributed by atoms with van der Waals surface area (Å²) in [6, 6.07) is 10.8. The van der Waals surface area contributed by atoms with Gasteiger partial charge in [0.25, 0.3) is 0 Å². The van der Waals surface area contributed by atoms with Gasteiger partial charge in [-0.15, -0.1) is 24.0 Å². The van der Waals surface area contributed by atoms with E-state index in [1.54, 1.807) is 24.3 Å². The van der Waals surface area contributed by atoms with Crippen molar-refractivity contribution in [3.63, 3.8) is 0 Å². The molecule has 0 bridgehead atoms. The van der Waals surface area contributed by atoms with Crippen molar-refractivity contribution in [2.24, 2.45) is 4.99 Å². The highest BCUT2D eigenvalue weighted by Gasteiger charge is 2.12. The quantitative estimate of drug-likeness (QED) is 0.220. The van der Waals surface area contributed by atoms with Crippen molar-refractivity contribution in [1.82, 2.24) is 15.6 Å². The van der Waals surface area contributed by atoms with E-state index in [4.69, 9.17) is 0 Å². The first-order valence-corrected chi connectivity index (χ1v) is 9.28. The number of halogens is 3. The van der Waals surface area contributed by atoms with Crippen LogP contribution in [0.15, 0.2) is 53.7 Å². The molecule has 4 N–H and O–H groups in total. The number of aliphatic hydroxyl groups is 1. The van der Waals surface area contributed by atoms with E-state index in [0.717, 1.165) is 16.5 Å². The Morgan fingerprint density at radius 3 is 2.72 bits per heavy atom. The van der Waals surface area contributed by atoms with Crippen LogP contribution in [-0.4, -0.2) is 35.7 Å². The summed E-state index contributed by atoms with van der Waals surface area (Å²) in [6.07, 6.45) is 1.52. The molecule has 1 atom stereocenters. The lowest BCUT2D eigenvalue weighted by molar-refractivity contribution is 0.182. The topological polar surface area (TPSA) is 72.4 Å². The lowest BCUT2D eigenvalue weighted by Gasteiger charge is -2.13. The van der Waals surface area contributed by atoms with Gasteiger partial charge in [0.1, 0.15) is 17.7 Å². The van der Waals surface area contributed by atoms with Crippen LogP contribution in [0.25, 0.3) is 10.9 Å². The molecule has 0 saturated heterocycles. The van der Waals surface area contributed by atoms with Crippen molar-refractivity contribution >= 4 is 40.8 Å². The van der Waals surface area contributed by atoms with Crippen LogP contribution < -0.4 is 10.6 Å². The van der Waals surface area contributed by atoms with E-state index in [-0.39, 0.29) is 41.9 Å². The third-order valence-corrected chi connectivity index (χ3v) is 4.45. The number of guanidine groups is 1. The molecular formula is C21H25F2IN4O. The third kappa shape index (κ3) is 6.14. The van der Waals surface area contributed by atoms with Crippen LogP contribution in [0.4, 0.5) is 8.78 Å². The molecule has 1 heterocycles. The first-order chi connectivity index (χ1) is 13.6. The fourth-order valence-electron chi connectivity index (χ4n) is 3.04. The molecule has 0 aliphatic heterocycles. The Labute approximate surface area is 185 Å². The van der Waals surface area contributed by atoms with Gasteiger partial charge in [-0.05, 0) is 43.2 Å². The van der Waals surface area contributed by atoms with E-state index in [2.05, 4.69) is 20.6 Å². The molecule has 0 spiro atoms. The van der Waals surface area contributed by atoms with Gasteiger partial charge < -0.3 is 20.7 Å². The molecule has 8 heteroatoms. The molecule has 156 valence electrons. The van der Waals surface area contributed by atoms with E-state index in [9.17, 15) is 13.9 Å².